The second-order valence-corrected chi connectivity index (χ2v) is 8.38. The molecule has 0 saturated heterocycles. The van der Waals surface area contributed by atoms with Crippen LogP contribution in [-0.2, 0) is 4.74 Å². The van der Waals surface area contributed by atoms with Gasteiger partial charge in [0, 0.05) is 25.3 Å². The first-order valence-electron chi connectivity index (χ1n) is 12.2. The van der Waals surface area contributed by atoms with E-state index in [0.717, 1.165) is 24.3 Å². The zero-order chi connectivity index (χ0) is 24.7. The summed E-state index contributed by atoms with van der Waals surface area (Å²) in [6.07, 6.45) is 4.57. The van der Waals surface area contributed by atoms with E-state index in [1.165, 1.54) is 12.8 Å². The molecule has 0 radical (unpaired) electrons. The molecule has 9 nitrogen and oxygen atoms in total. The largest absolute Gasteiger partial charge is 0.497 e. The van der Waals surface area contributed by atoms with Gasteiger partial charge < -0.3 is 40.0 Å². The molecule has 0 spiro atoms. The lowest BCUT2D eigenvalue weighted by atomic mass is 10.3. The first-order valence-corrected chi connectivity index (χ1v) is 12.2. The van der Waals surface area contributed by atoms with Crippen LogP contribution < -0.4 is 30.2 Å². The third kappa shape index (κ3) is 10.4. The Balaban J connectivity index is 1.19. The van der Waals surface area contributed by atoms with Crippen LogP contribution in [0.15, 0.2) is 48.5 Å². The van der Waals surface area contributed by atoms with Gasteiger partial charge in [0.15, 0.2) is 0 Å². The first-order chi connectivity index (χ1) is 17.1. The van der Waals surface area contributed by atoms with Gasteiger partial charge in [-0.15, -0.1) is 0 Å². The van der Waals surface area contributed by atoms with E-state index in [0.29, 0.717) is 50.4 Å². The normalized spacial score (nSPS) is 14.3. The van der Waals surface area contributed by atoms with E-state index in [4.69, 9.17) is 18.9 Å². The molecule has 0 bridgehead atoms. The van der Waals surface area contributed by atoms with E-state index in [1.54, 1.807) is 31.4 Å². The molecule has 192 valence electrons. The summed E-state index contributed by atoms with van der Waals surface area (Å²) >= 11 is 0. The maximum Gasteiger partial charge on any atom is 0.319 e. The third-order valence-electron chi connectivity index (χ3n) is 5.59. The Labute approximate surface area is 207 Å². The fourth-order valence-electron chi connectivity index (χ4n) is 3.70. The summed E-state index contributed by atoms with van der Waals surface area (Å²) in [6, 6.07) is 14.1. The lowest BCUT2D eigenvalue weighted by Crippen LogP contribution is -2.38. The van der Waals surface area contributed by atoms with E-state index in [2.05, 4.69) is 16.0 Å². The van der Waals surface area contributed by atoms with Crippen molar-refractivity contribution < 1.29 is 28.8 Å². The van der Waals surface area contributed by atoms with E-state index in [-0.39, 0.29) is 12.6 Å². The molecule has 3 rings (SSSR count). The summed E-state index contributed by atoms with van der Waals surface area (Å²) in [6.45, 7) is 2.58. The van der Waals surface area contributed by atoms with Gasteiger partial charge >= 0.3 is 6.03 Å². The van der Waals surface area contributed by atoms with Gasteiger partial charge in [-0.05, 0) is 61.4 Å². The molecule has 1 aliphatic rings. The minimum absolute atomic E-state index is 0.161. The monoisotopic (exact) mass is 487 g/mol. The fourth-order valence-corrected chi connectivity index (χ4v) is 3.70. The molecular formula is C26H37N3O6. The highest BCUT2D eigenvalue weighted by atomic mass is 16.5. The molecular weight excluding hydrogens is 450 g/mol. The van der Waals surface area contributed by atoms with E-state index in [1.807, 2.05) is 24.3 Å². The molecule has 1 atom stereocenters. The zero-order valence-electron chi connectivity index (χ0n) is 20.3. The number of carbonyl (C=O) groups excluding carboxylic acids is 1. The van der Waals surface area contributed by atoms with Crippen molar-refractivity contribution in [2.45, 2.75) is 37.9 Å². The van der Waals surface area contributed by atoms with Crippen LogP contribution in [0.5, 0.6) is 17.2 Å². The Morgan fingerprint density at radius 3 is 2.29 bits per heavy atom. The predicted molar refractivity (Wildman–Crippen MR) is 135 cm³/mol. The van der Waals surface area contributed by atoms with E-state index in [9.17, 15) is 9.90 Å². The van der Waals surface area contributed by atoms with Gasteiger partial charge in [0.2, 0.25) is 0 Å². The predicted octanol–water partition coefficient (Wildman–Crippen LogP) is 3.18. The number of methoxy groups -OCH3 is 1. The van der Waals surface area contributed by atoms with Gasteiger partial charge in [0.05, 0.1) is 19.8 Å². The summed E-state index contributed by atoms with van der Waals surface area (Å²) in [4.78, 5) is 11.9. The Kier molecular flexibility index (Phi) is 11.5. The average molecular weight is 488 g/mol. The molecule has 0 aromatic heterocycles. The average Bonchev–Trinajstić information content (AvgIpc) is 3.40. The lowest BCUT2D eigenvalue weighted by molar-refractivity contribution is 0.0382. The molecule has 2 aromatic carbocycles. The Morgan fingerprint density at radius 1 is 0.943 bits per heavy atom. The smallest absolute Gasteiger partial charge is 0.319 e. The van der Waals surface area contributed by atoms with Crippen LogP contribution in [0.1, 0.15) is 25.7 Å². The summed E-state index contributed by atoms with van der Waals surface area (Å²) < 4.78 is 22.2. The maximum absolute atomic E-state index is 11.9. The van der Waals surface area contributed by atoms with Crippen molar-refractivity contribution in [3.05, 3.63) is 48.5 Å². The number of rotatable bonds is 15. The number of amides is 2. The highest BCUT2D eigenvalue weighted by Crippen LogP contribution is 2.21. The fraction of sp³-hybridized carbons (Fsp3) is 0.500. The van der Waals surface area contributed by atoms with Gasteiger partial charge in [-0.25, -0.2) is 4.79 Å². The Bertz CT molecular complexity index is 856. The number of carbonyl (C=O) groups is 1. The van der Waals surface area contributed by atoms with Crippen LogP contribution in [0.3, 0.4) is 0 Å². The quantitative estimate of drug-likeness (QED) is 0.286. The number of urea groups is 1. The standard InChI is InChI=1S/C26H37N3O6/c1-32-22-8-6-20(7-9-22)29-26(31)28-15-14-27-18-21(30)19-35-25-12-10-24(11-13-25)34-17-16-33-23-4-2-3-5-23/h6-13,21,23,27,30H,2-5,14-19H2,1H3,(H2,28,29,31). The molecule has 2 amide bonds. The lowest BCUT2D eigenvalue weighted by Gasteiger charge is -2.14. The van der Waals surface area contributed by atoms with Crippen molar-refractivity contribution in [2.24, 2.45) is 0 Å². The van der Waals surface area contributed by atoms with Crippen molar-refractivity contribution in [1.82, 2.24) is 10.6 Å². The van der Waals surface area contributed by atoms with E-state index >= 15 is 0 Å². The summed E-state index contributed by atoms with van der Waals surface area (Å²) in [5, 5.41) is 18.7. The van der Waals surface area contributed by atoms with Crippen LogP contribution in [0, 0.1) is 0 Å². The third-order valence-corrected chi connectivity index (χ3v) is 5.59. The highest BCUT2D eigenvalue weighted by molar-refractivity contribution is 5.89. The van der Waals surface area contributed by atoms with Crippen LogP contribution in [0.25, 0.3) is 0 Å². The molecule has 4 N–H and O–H groups in total. The number of nitrogens with one attached hydrogen (secondary N) is 3. The molecule has 1 unspecified atom stereocenters. The minimum Gasteiger partial charge on any atom is -0.497 e. The van der Waals surface area contributed by atoms with Crippen molar-refractivity contribution in [1.29, 1.82) is 0 Å². The van der Waals surface area contributed by atoms with Gasteiger partial charge in [-0.3, -0.25) is 0 Å². The minimum atomic E-state index is -0.674. The number of aliphatic hydroxyl groups excluding tert-OH is 1. The molecule has 1 saturated carbocycles. The number of anilines is 1. The first kappa shape index (κ1) is 26.6. The van der Waals surface area contributed by atoms with Crippen LogP contribution in [0.4, 0.5) is 10.5 Å². The summed E-state index contributed by atoms with van der Waals surface area (Å²) in [7, 11) is 1.59. The number of hydrogen-bond donors (Lipinski definition) is 4. The van der Waals surface area contributed by atoms with E-state index < -0.39 is 6.10 Å². The molecule has 1 aliphatic carbocycles. The van der Waals surface area contributed by atoms with Gasteiger partial charge in [-0.1, -0.05) is 12.8 Å². The molecule has 0 aliphatic heterocycles. The molecule has 1 fully saturated rings. The highest BCUT2D eigenvalue weighted by Gasteiger charge is 2.14. The van der Waals surface area contributed by atoms with Crippen LogP contribution in [0.2, 0.25) is 0 Å². The topological polar surface area (TPSA) is 110 Å². The van der Waals surface area contributed by atoms with Crippen LogP contribution >= 0.6 is 0 Å². The SMILES string of the molecule is COc1ccc(NC(=O)NCCNCC(O)COc2ccc(OCCOC3CCCC3)cc2)cc1. The molecule has 9 heteroatoms. The molecule has 0 heterocycles. The van der Waals surface area contributed by atoms with Gasteiger partial charge in [0.25, 0.3) is 0 Å². The van der Waals surface area contributed by atoms with Crippen molar-refractivity contribution in [3.8, 4) is 17.2 Å². The number of aliphatic hydroxyl groups is 1. The molecule has 2 aromatic rings. The van der Waals surface area contributed by atoms with Crippen molar-refractivity contribution in [2.75, 3.05) is 51.9 Å². The number of benzene rings is 2. The second-order valence-electron chi connectivity index (χ2n) is 8.38. The zero-order valence-corrected chi connectivity index (χ0v) is 20.3. The van der Waals surface area contributed by atoms with Crippen molar-refractivity contribution in [3.63, 3.8) is 0 Å². The maximum atomic E-state index is 11.9. The number of ether oxygens (including phenoxy) is 4. The second kappa shape index (κ2) is 15.1. The van der Waals surface area contributed by atoms with Crippen molar-refractivity contribution >= 4 is 11.7 Å². The number of hydrogen-bond acceptors (Lipinski definition) is 7. The van der Waals surface area contributed by atoms with Crippen LogP contribution in [-0.4, -0.2) is 69.9 Å². The Hall–Kier alpha value is -3.01. The summed E-state index contributed by atoms with van der Waals surface area (Å²) in [5.74, 6) is 2.15. The summed E-state index contributed by atoms with van der Waals surface area (Å²) in [5.41, 5.74) is 0.678. The molecule has 35 heavy (non-hydrogen) atoms. The van der Waals surface area contributed by atoms with Gasteiger partial charge in [0.1, 0.15) is 36.6 Å². The van der Waals surface area contributed by atoms with Gasteiger partial charge in [-0.2, -0.15) is 0 Å². The Morgan fingerprint density at radius 2 is 1.60 bits per heavy atom.